The zero-order valence-corrected chi connectivity index (χ0v) is 15.0. The van der Waals surface area contributed by atoms with E-state index >= 15 is 0 Å². The molecule has 0 heterocycles. The number of esters is 1. The lowest BCUT2D eigenvalue weighted by molar-refractivity contribution is 0.0266. The fraction of sp³-hybridized carbons (Fsp3) is 0.650. The zero-order chi connectivity index (χ0) is 17.8. The summed E-state index contributed by atoms with van der Waals surface area (Å²) in [6.07, 6.45) is 11.2. The van der Waals surface area contributed by atoms with E-state index in [-0.39, 0.29) is 11.7 Å². The lowest BCUT2D eigenvalue weighted by Crippen LogP contribution is -2.17. The second kappa shape index (κ2) is 12.0. The predicted octanol–water partition coefficient (Wildman–Crippen LogP) is 6.43. The summed E-state index contributed by atoms with van der Waals surface area (Å²) in [4.78, 5) is 12.0. The van der Waals surface area contributed by atoms with Gasteiger partial charge >= 0.3 is 5.97 Å². The summed E-state index contributed by atoms with van der Waals surface area (Å²) in [6, 6.07) is 3.09. The summed E-state index contributed by atoms with van der Waals surface area (Å²) >= 11 is 0. The molecule has 1 rings (SSSR count). The van der Waals surface area contributed by atoms with Crippen LogP contribution < -0.4 is 0 Å². The first-order valence-electron chi connectivity index (χ1n) is 9.24. The van der Waals surface area contributed by atoms with Crippen molar-refractivity contribution in [2.24, 2.45) is 0 Å². The summed E-state index contributed by atoms with van der Waals surface area (Å²) in [7, 11) is 0. The molecule has 0 amide bonds. The Bertz CT molecular complexity index is 489. The largest absolute Gasteiger partial charge is 0.459 e. The van der Waals surface area contributed by atoms with Gasteiger partial charge < -0.3 is 4.74 Å². The summed E-state index contributed by atoms with van der Waals surface area (Å²) in [5.41, 5.74) is 0.0586. The molecular weight excluding hydrogens is 310 g/mol. The summed E-state index contributed by atoms with van der Waals surface area (Å²) < 4.78 is 31.5. The molecule has 24 heavy (non-hydrogen) atoms. The van der Waals surface area contributed by atoms with Crippen LogP contribution in [0.15, 0.2) is 18.2 Å². The van der Waals surface area contributed by atoms with E-state index in [0.29, 0.717) is 0 Å². The van der Waals surface area contributed by atoms with Gasteiger partial charge in [-0.25, -0.2) is 13.6 Å². The smallest absolute Gasteiger partial charge is 0.338 e. The molecule has 136 valence electrons. The standard InChI is InChI=1S/C20H30F2O2/c1-3-5-6-7-8-9-10-11-12-17(4-2)24-20(23)16-13-14-18(21)19(22)15-16/h13-15,17H,3-12H2,1-2H3. The van der Waals surface area contributed by atoms with Crippen LogP contribution >= 0.6 is 0 Å². The van der Waals surface area contributed by atoms with E-state index in [1.54, 1.807) is 0 Å². The molecule has 1 unspecified atom stereocenters. The summed E-state index contributed by atoms with van der Waals surface area (Å²) in [6.45, 7) is 4.18. The van der Waals surface area contributed by atoms with Crippen LogP contribution in [0.1, 0.15) is 88.4 Å². The van der Waals surface area contributed by atoms with Crippen molar-refractivity contribution in [3.63, 3.8) is 0 Å². The van der Waals surface area contributed by atoms with Crippen LogP contribution in [-0.4, -0.2) is 12.1 Å². The molecule has 1 atom stereocenters. The minimum atomic E-state index is -1.03. The van der Waals surface area contributed by atoms with Crippen molar-refractivity contribution in [2.45, 2.75) is 84.2 Å². The number of ether oxygens (including phenoxy) is 1. The first-order chi connectivity index (χ1) is 11.6. The topological polar surface area (TPSA) is 26.3 Å². The highest BCUT2D eigenvalue weighted by Gasteiger charge is 2.16. The maximum Gasteiger partial charge on any atom is 0.338 e. The Kier molecular flexibility index (Phi) is 10.3. The van der Waals surface area contributed by atoms with Crippen LogP contribution in [-0.2, 0) is 4.74 Å². The van der Waals surface area contributed by atoms with E-state index < -0.39 is 17.6 Å². The van der Waals surface area contributed by atoms with Crippen LogP contribution in [0.5, 0.6) is 0 Å². The molecule has 0 spiro atoms. The molecule has 1 aromatic carbocycles. The van der Waals surface area contributed by atoms with Gasteiger partial charge in [-0.15, -0.1) is 0 Å². The third-order valence-corrected chi connectivity index (χ3v) is 4.26. The molecule has 1 aromatic rings. The Morgan fingerprint density at radius 2 is 1.58 bits per heavy atom. The number of rotatable bonds is 12. The maximum absolute atomic E-state index is 13.2. The quantitative estimate of drug-likeness (QED) is 0.324. The lowest BCUT2D eigenvalue weighted by Gasteiger charge is -2.16. The van der Waals surface area contributed by atoms with E-state index in [2.05, 4.69) is 6.92 Å². The average molecular weight is 340 g/mol. The van der Waals surface area contributed by atoms with Crippen LogP contribution in [0.25, 0.3) is 0 Å². The highest BCUT2D eigenvalue weighted by Crippen LogP contribution is 2.16. The van der Waals surface area contributed by atoms with Gasteiger partial charge in [0.25, 0.3) is 0 Å². The van der Waals surface area contributed by atoms with Crippen molar-refractivity contribution in [3.05, 3.63) is 35.4 Å². The van der Waals surface area contributed by atoms with E-state index in [1.807, 2.05) is 6.92 Å². The molecule has 4 heteroatoms. The minimum absolute atomic E-state index is 0.0586. The number of carbonyl (C=O) groups excluding carboxylic acids is 1. The Labute approximate surface area is 144 Å². The molecular formula is C20H30F2O2. The fourth-order valence-corrected chi connectivity index (χ4v) is 2.69. The second-order valence-electron chi connectivity index (χ2n) is 6.33. The monoisotopic (exact) mass is 340 g/mol. The summed E-state index contributed by atoms with van der Waals surface area (Å²) in [5.74, 6) is -2.57. The molecule has 0 bridgehead atoms. The molecule has 0 radical (unpaired) electrons. The van der Waals surface area contributed by atoms with Crippen molar-refractivity contribution < 1.29 is 18.3 Å². The lowest BCUT2D eigenvalue weighted by atomic mass is 10.0. The third-order valence-electron chi connectivity index (χ3n) is 4.26. The molecule has 0 saturated carbocycles. The number of carbonyl (C=O) groups is 1. The molecule has 0 aliphatic carbocycles. The van der Waals surface area contributed by atoms with Gasteiger partial charge in [0, 0.05) is 0 Å². The molecule has 0 fully saturated rings. The van der Waals surface area contributed by atoms with Gasteiger partial charge in [0.05, 0.1) is 5.56 Å². The average Bonchev–Trinajstić information content (AvgIpc) is 2.58. The van der Waals surface area contributed by atoms with Gasteiger partial charge in [0.2, 0.25) is 0 Å². The molecule has 0 aromatic heterocycles. The van der Waals surface area contributed by atoms with Crippen LogP contribution in [0.4, 0.5) is 8.78 Å². The maximum atomic E-state index is 13.2. The van der Waals surface area contributed by atoms with Gasteiger partial charge in [-0.3, -0.25) is 0 Å². The first kappa shape index (κ1) is 20.6. The zero-order valence-electron chi connectivity index (χ0n) is 15.0. The highest BCUT2D eigenvalue weighted by atomic mass is 19.2. The molecule has 0 N–H and O–H groups in total. The van der Waals surface area contributed by atoms with E-state index in [9.17, 15) is 13.6 Å². The van der Waals surface area contributed by atoms with Crippen molar-refractivity contribution in [1.82, 2.24) is 0 Å². The number of hydrogen-bond donors (Lipinski definition) is 0. The van der Waals surface area contributed by atoms with Gasteiger partial charge in [0.15, 0.2) is 11.6 Å². The second-order valence-corrected chi connectivity index (χ2v) is 6.33. The van der Waals surface area contributed by atoms with Crippen molar-refractivity contribution in [1.29, 1.82) is 0 Å². The molecule has 0 aliphatic heterocycles. The van der Waals surface area contributed by atoms with Gasteiger partial charge in [-0.2, -0.15) is 0 Å². The number of unbranched alkanes of at least 4 members (excludes halogenated alkanes) is 7. The van der Waals surface area contributed by atoms with Crippen molar-refractivity contribution in [3.8, 4) is 0 Å². The Morgan fingerprint density at radius 1 is 0.958 bits per heavy atom. The Balaban J connectivity index is 2.26. The van der Waals surface area contributed by atoms with Crippen molar-refractivity contribution in [2.75, 3.05) is 0 Å². The Morgan fingerprint density at radius 3 is 2.17 bits per heavy atom. The number of benzene rings is 1. The fourth-order valence-electron chi connectivity index (χ4n) is 2.69. The SMILES string of the molecule is CCCCCCCCCCC(CC)OC(=O)c1ccc(F)c(F)c1. The van der Waals surface area contributed by atoms with E-state index in [1.165, 1.54) is 44.6 Å². The highest BCUT2D eigenvalue weighted by molar-refractivity contribution is 5.89. The van der Waals surface area contributed by atoms with Gasteiger partial charge in [-0.05, 0) is 37.5 Å². The first-order valence-corrected chi connectivity index (χ1v) is 9.24. The molecule has 0 saturated heterocycles. The third kappa shape index (κ3) is 7.89. The van der Waals surface area contributed by atoms with E-state index in [4.69, 9.17) is 4.74 Å². The minimum Gasteiger partial charge on any atom is -0.459 e. The summed E-state index contributed by atoms with van der Waals surface area (Å²) in [5, 5.41) is 0. The molecule has 2 nitrogen and oxygen atoms in total. The van der Waals surface area contributed by atoms with Gasteiger partial charge in [-0.1, -0.05) is 58.8 Å². The van der Waals surface area contributed by atoms with Crippen molar-refractivity contribution >= 4 is 5.97 Å². The number of hydrogen-bond acceptors (Lipinski definition) is 2. The Hall–Kier alpha value is -1.45. The van der Waals surface area contributed by atoms with E-state index in [0.717, 1.165) is 37.8 Å². The van der Waals surface area contributed by atoms with Gasteiger partial charge in [0.1, 0.15) is 6.10 Å². The number of halogens is 2. The van der Waals surface area contributed by atoms with Crippen LogP contribution in [0.2, 0.25) is 0 Å². The normalized spacial score (nSPS) is 12.2. The predicted molar refractivity (Wildman–Crippen MR) is 93.1 cm³/mol. The molecule has 0 aliphatic rings. The van der Waals surface area contributed by atoms with Crippen LogP contribution in [0.3, 0.4) is 0 Å². The van der Waals surface area contributed by atoms with Crippen LogP contribution in [0, 0.1) is 11.6 Å².